The molecule has 30 heavy (non-hydrogen) atoms. The highest BCUT2D eigenvalue weighted by molar-refractivity contribution is 6.30. The fourth-order valence-electron chi connectivity index (χ4n) is 2.74. The first-order chi connectivity index (χ1) is 14.5. The van der Waals surface area contributed by atoms with Gasteiger partial charge in [0, 0.05) is 22.8 Å². The zero-order valence-corrected chi connectivity index (χ0v) is 16.9. The Morgan fingerprint density at radius 1 is 1.07 bits per heavy atom. The van der Waals surface area contributed by atoms with Gasteiger partial charge >= 0.3 is 5.97 Å². The van der Waals surface area contributed by atoms with Crippen LogP contribution in [0.2, 0.25) is 5.02 Å². The molecular formula is C22H19ClN2O5. The number of rotatable bonds is 7. The summed E-state index contributed by atoms with van der Waals surface area (Å²) in [5.41, 5.74) is 1.54. The van der Waals surface area contributed by atoms with Gasteiger partial charge in [-0.15, -0.1) is 0 Å². The van der Waals surface area contributed by atoms with Crippen molar-refractivity contribution in [1.29, 1.82) is 0 Å². The number of hydrogen-bond donors (Lipinski definition) is 1. The molecule has 0 aliphatic carbocycles. The van der Waals surface area contributed by atoms with E-state index in [-0.39, 0.29) is 24.8 Å². The van der Waals surface area contributed by atoms with Crippen molar-refractivity contribution in [2.24, 2.45) is 0 Å². The number of amides is 2. The maximum atomic E-state index is 13.1. The largest absolute Gasteiger partial charge is 0.468 e. The first kappa shape index (κ1) is 21.1. The minimum atomic E-state index is -0.542. The zero-order valence-electron chi connectivity index (χ0n) is 16.1. The highest BCUT2D eigenvalue weighted by atomic mass is 35.5. The van der Waals surface area contributed by atoms with Gasteiger partial charge in [0.15, 0.2) is 5.76 Å². The van der Waals surface area contributed by atoms with Crippen LogP contribution in [0.4, 0.5) is 5.69 Å². The lowest BCUT2D eigenvalue weighted by molar-refractivity contribution is -0.141. The average molecular weight is 427 g/mol. The second-order valence-corrected chi connectivity index (χ2v) is 6.81. The van der Waals surface area contributed by atoms with Gasteiger partial charge in [0.2, 0.25) is 0 Å². The van der Waals surface area contributed by atoms with E-state index in [1.165, 1.54) is 30.4 Å². The van der Waals surface area contributed by atoms with E-state index >= 15 is 0 Å². The van der Waals surface area contributed by atoms with Gasteiger partial charge in [-0.25, -0.2) is 0 Å². The minimum absolute atomic E-state index is 0.154. The number of carbonyl (C=O) groups excluding carboxylic acids is 3. The SMILES string of the molecule is COC(=O)CN(Cc1ccc(Cl)cc1)C(=O)c1cccc(NC(=O)c2ccco2)c1. The number of nitrogens with zero attached hydrogens (tertiary/aromatic N) is 1. The first-order valence-electron chi connectivity index (χ1n) is 9.01. The molecule has 0 spiro atoms. The Labute approximate surface area is 178 Å². The number of halogens is 1. The Kier molecular flexibility index (Phi) is 6.87. The number of anilines is 1. The monoisotopic (exact) mass is 426 g/mol. The second-order valence-electron chi connectivity index (χ2n) is 6.38. The van der Waals surface area contributed by atoms with Crippen LogP contribution in [0.3, 0.4) is 0 Å². The standard InChI is InChI=1S/C22H19ClN2O5/c1-29-20(26)14-25(13-15-7-9-17(23)10-8-15)22(28)16-4-2-5-18(12-16)24-21(27)19-6-3-11-30-19/h2-12H,13-14H2,1H3,(H,24,27). The maximum absolute atomic E-state index is 13.1. The third kappa shape index (κ3) is 5.48. The molecular weight excluding hydrogens is 408 g/mol. The number of carbonyl (C=O) groups is 3. The number of esters is 1. The van der Waals surface area contributed by atoms with Crippen molar-refractivity contribution >= 4 is 35.1 Å². The lowest BCUT2D eigenvalue weighted by atomic mass is 10.1. The highest BCUT2D eigenvalue weighted by Gasteiger charge is 2.20. The third-order valence-electron chi connectivity index (χ3n) is 4.23. The molecule has 3 rings (SSSR count). The molecule has 0 saturated heterocycles. The smallest absolute Gasteiger partial charge is 0.325 e. The first-order valence-corrected chi connectivity index (χ1v) is 9.39. The van der Waals surface area contributed by atoms with Crippen LogP contribution < -0.4 is 5.32 Å². The highest BCUT2D eigenvalue weighted by Crippen LogP contribution is 2.17. The van der Waals surface area contributed by atoms with E-state index in [1.54, 1.807) is 48.5 Å². The molecule has 3 aromatic rings. The number of nitrogens with one attached hydrogen (secondary N) is 1. The fraction of sp³-hybridized carbons (Fsp3) is 0.136. The van der Waals surface area contributed by atoms with Crippen LogP contribution in [-0.2, 0) is 16.1 Å². The molecule has 0 atom stereocenters. The van der Waals surface area contributed by atoms with Crippen LogP contribution in [0, 0.1) is 0 Å². The molecule has 7 nitrogen and oxygen atoms in total. The molecule has 8 heteroatoms. The number of hydrogen-bond acceptors (Lipinski definition) is 5. The van der Waals surface area contributed by atoms with E-state index in [1.807, 2.05) is 0 Å². The van der Waals surface area contributed by atoms with Crippen molar-refractivity contribution in [1.82, 2.24) is 4.90 Å². The average Bonchev–Trinajstić information content (AvgIpc) is 3.29. The van der Waals surface area contributed by atoms with Gasteiger partial charge in [-0.1, -0.05) is 29.8 Å². The van der Waals surface area contributed by atoms with Crippen molar-refractivity contribution in [3.8, 4) is 0 Å². The molecule has 1 N–H and O–H groups in total. The zero-order chi connectivity index (χ0) is 21.5. The van der Waals surface area contributed by atoms with Crippen molar-refractivity contribution < 1.29 is 23.5 Å². The van der Waals surface area contributed by atoms with Crippen LogP contribution in [0.1, 0.15) is 26.5 Å². The molecule has 0 fully saturated rings. The third-order valence-corrected chi connectivity index (χ3v) is 4.49. The molecule has 2 aromatic carbocycles. The van der Waals surface area contributed by atoms with Crippen LogP contribution in [0.5, 0.6) is 0 Å². The van der Waals surface area contributed by atoms with Crippen molar-refractivity contribution in [2.75, 3.05) is 19.0 Å². The number of furan rings is 1. The second kappa shape index (κ2) is 9.76. The summed E-state index contributed by atoms with van der Waals surface area (Å²) in [6.45, 7) is -0.0327. The summed E-state index contributed by atoms with van der Waals surface area (Å²) < 4.78 is 9.79. The Morgan fingerprint density at radius 2 is 1.83 bits per heavy atom. The van der Waals surface area contributed by atoms with Gasteiger partial charge in [0.25, 0.3) is 11.8 Å². The quantitative estimate of drug-likeness (QED) is 0.577. The number of benzene rings is 2. The fourth-order valence-corrected chi connectivity index (χ4v) is 2.87. The van der Waals surface area contributed by atoms with E-state index < -0.39 is 11.9 Å². The molecule has 0 unspecified atom stereocenters. The van der Waals surface area contributed by atoms with Crippen LogP contribution in [0.15, 0.2) is 71.3 Å². The van der Waals surface area contributed by atoms with Crippen LogP contribution >= 0.6 is 11.6 Å². The molecule has 0 aliphatic rings. The minimum Gasteiger partial charge on any atom is -0.468 e. The Hall–Kier alpha value is -3.58. The molecule has 2 amide bonds. The topological polar surface area (TPSA) is 88.9 Å². The number of ether oxygens (including phenoxy) is 1. The van der Waals surface area contributed by atoms with Crippen LogP contribution in [0.25, 0.3) is 0 Å². The maximum Gasteiger partial charge on any atom is 0.325 e. The predicted octanol–water partition coefficient (Wildman–Crippen LogP) is 4.00. The summed E-state index contributed by atoms with van der Waals surface area (Å²) >= 11 is 5.91. The van der Waals surface area contributed by atoms with E-state index in [4.69, 9.17) is 20.8 Å². The van der Waals surface area contributed by atoms with E-state index in [0.29, 0.717) is 16.3 Å². The van der Waals surface area contributed by atoms with Gasteiger partial charge in [0.05, 0.1) is 13.4 Å². The van der Waals surface area contributed by atoms with E-state index in [0.717, 1.165) is 5.56 Å². The lowest BCUT2D eigenvalue weighted by Gasteiger charge is -2.22. The molecule has 0 bridgehead atoms. The summed E-state index contributed by atoms with van der Waals surface area (Å²) in [5, 5.41) is 3.25. The summed E-state index contributed by atoms with van der Waals surface area (Å²) in [5.74, 6) is -1.21. The Balaban J connectivity index is 1.79. The van der Waals surface area contributed by atoms with Gasteiger partial charge in [-0.05, 0) is 48.0 Å². The predicted molar refractivity (Wildman–Crippen MR) is 111 cm³/mol. The van der Waals surface area contributed by atoms with Crippen molar-refractivity contribution in [2.45, 2.75) is 6.54 Å². The molecule has 1 aromatic heterocycles. The summed E-state index contributed by atoms with van der Waals surface area (Å²) in [6.07, 6.45) is 1.40. The van der Waals surface area contributed by atoms with Gasteiger partial charge < -0.3 is 19.4 Å². The summed E-state index contributed by atoms with van der Waals surface area (Å²) in [7, 11) is 1.26. The molecule has 0 radical (unpaired) electrons. The Bertz CT molecular complexity index is 1030. The van der Waals surface area contributed by atoms with E-state index in [2.05, 4.69) is 5.32 Å². The van der Waals surface area contributed by atoms with E-state index in [9.17, 15) is 14.4 Å². The summed E-state index contributed by atoms with van der Waals surface area (Å²) in [4.78, 5) is 38.5. The number of methoxy groups -OCH3 is 1. The van der Waals surface area contributed by atoms with Crippen molar-refractivity contribution in [3.05, 3.63) is 88.8 Å². The van der Waals surface area contributed by atoms with Crippen molar-refractivity contribution in [3.63, 3.8) is 0 Å². The van der Waals surface area contributed by atoms with Gasteiger partial charge in [0.1, 0.15) is 6.54 Å². The molecule has 154 valence electrons. The Morgan fingerprint density at radius 3 is 2.50 bits per heavy atom. The lowest BCUT2D eigenvalue weighted by Crippen LogP contribution is -2.35. The summed E-state index contributed by atoms with van der Waals surface area (Å²) in [6, 6.07) is 16.6. The van der Waals surface area contributed by atoms with Crippen LogP contribution in [-0.4, -0.2) is 36.3 Å². The van der Waals surface area contributed by atoms with Gasteiger partial charge in [-0.3, -0.25) is 14.4 Å². The molecule has 0 aliphatic heterocycles. The van der Waals surface area contributed by atoms with Gasteiger partial charge in [-0.2, -0.15) is 0 Å². The molecule has 1 heterocycles. The molecule has 0 saturated carbocycles. The normalized spacial score (nSPS) is 10.3.